The third-order valence-electron chi connectivity index (χ3n) is 15.6. The average molecular weight is 1190 g/mol. The number of ether oxygens (including phenoxy) is 2. The van der Waals surface area contributed by atoms with Gasteiger partial charge in [-0.15, -0.1) is 0 Å². The Morgan fingerprint density at radius 1 is 0.279 bits per heavy atom. The van der Waals surface area contributed by atoms with Crippen molar-refractivity contribution in [1.29, 1.82) is 0 Å². The van der Waals surface area contributed by atoms with Gasteiger partial charge in [-0.1, -0.05) is 346 Å². The van der Waals surface area contributed by atoms with Crippen molar-refractivity contribution in [2.45, 2.75) is 341 Å². The van der Waals surface area contributed by atoms with E-state index in [2.05, 4.69) is 160 Å². The van der Waals surface area contributed by atoms with E-state index in [1.54, 1.807) is 0 Å². The highest BCUT2D eigenvalue weighted by Gasteiger charge is 2.16. The molecule has 1 N–H and O–H groups in total. The van der Waals surface area contributed by atoms with Crippen LogP contribution in [0.1, 0.15) is 335 Å². The Kier molecular flexibility index (Phi) is 71.3. The lowest BCUT2D eigenvalue weighted by molar-refractivity contribution is -0.161. The standard InChI is InChI=1S/C81H136O5/c1-3-5-7-9-11-13-15-17-19-21-23-25-27-29-31-33-35-36-37-38-39-40-41-42-43-44-46-47-49-51-53-55-57-59-61-63-65-67-69-71-73-75-80(83)85-78-79(77-82)86-81(84)76-74-72-70-68-66-64-62-60-58-56-54-52-50-48-45-34-32-30-28-26-24-22-20-18-16-14-12-10-8-6-4-2/h6,8,12,14-15,17-18,20-21,23-24,26-27,29-30,32,45,48,52,54,58,60,64,66,79,82H,3-5,7,9-11,13,16,19,22,25,28,31,33-44,46-47,49-51,53,55-57,59,61-63,65,67-78H2,1-2H3/b8-6-,14-12-,17-15-,20-18-,23-21-,26-24-,29-27-,32-30-,48-45-,54-52-,60-58-,66-64-. The molecule has 0 aromatic carbocycles. The lowest BCUT2D eigenvalue weighted by Crippen LogP contribution is -2.28. The van der Waals surface area contributed by atoms with Crippen molar-refractivity contribution in [3.8, 4) is 0 Å². The molecule has 0 aliphatic rings. The molecule has 0 bridgehead atoms. The smallest absolute Gasteiger partial charge is 0.306 e. The molecule has 1 atom stereocenters. The van der Waals surface area contributed by atoms with Crippen molar-refractivity contribution < 1.29 is 24.2 Å². The molecule has 5 heteroatoms. The summed E-state index contributed by atoms with van der Waals surface area (Å²) >= 11 is 0. The fraction of sp³-hybridized carbons (Fsp3) is 0.679. The number of esters is 2. The summed E-state index contributed by atoms with van der Waals surface area (Å²) < 4.78 is 10.7. The van der Waals surface area contributed by atoms with E-state index in [4.69, 9.17) is 9.47 Å². The van der Waals surface area contributed by atoms with Gasteiger partial charge in [0.1, 0.15) is 6.61 Å². The quantitative estimate of drug-likeness (QED) is 0.0373. The topological polar surface area (TPSA) is 72.8 Å². The minimum absolute atomic E-state index is 0.0851. The molecule has 0 aromatic rings. The third kappa shape index (κ3) is 72.3. The van der Waals surface area contributed by atoms with Gasteiger partial charge < -0.3 is 14.6 Å². The Bertz CT molecular complexity index is 1780. The van der Waals surface area contributed by atoms with E-state index in [-0.39, 0.29) is 25.2 Å². The molecule has 0 radical (unpaired) electrons. The molecule has 86 heavy (non-hydrogen) atoms. The second-order valence-electron chi connectivity index (χ2n) is 23.9. The average Bonchev–Trinajstić information content (AvgIpc) is 3.55. The molecule has 1 unspecified atom stereocenters. The van der Waals surface area contributed by atoms with Crippen molar-refractivity contribution in [2.75, 3.05) is 13.2 Å². The Morgan fingerprint density at radius 2 is 0.500 bits per heavy atom. The van der Waals surface area contributed by atoms with E-state index in [1.165, 1.54) is 193 Å². The molecule has 0 saturated carbocycles. The molecule has 5 nitrogen and oxygen atoms in total. The zero-order valence-corrected chi connectivity index (χ0v) is 56.3. The van der Waals surface area contributed by atoms with Gasteiger partial charge >= 0.3 is 11.9 Å². The lowest BCUT2D eigenvalue weighted by atomic mass is 10.0. The monoisotopic (exact) mass is 1190 g/mol. The van der Waals surface area contributed by atoms with Crippen molar-refractivity contribution in [1.82, 2.24) is 0 Å². The Morgan fingerprint density at radius 3 is 0.767 bits per heavy atom. The van der Waals surface area contributed by atoms with E-state index in [1.807, 2.05) is 0 Å². The molecule has 0 rings (SSSR count). The zero-order chi connectivity index (χ0) is 61.9. The van der Waals surface area contributed by atoms with Crippen LogP contribution in [-0.4, -0.2) is 36.4 Å². The van der Waals surface area contributed by atoms with Crippen molar-refractivity contribution in [2.24, 2.45) is 0 Å². The molecule has 490 valence electrons. The fourth-order valence-electron chi connectivity index (χ4n) is 10.2. The highest BCUT2D eigenvalue weighted by Crippen LogP contribution is 2.17. The summed E-state index contributed by atoms with van der Waals surface area (Å²) in [5, 5.41) is 9.70. The van der Waals surface area contributed by atoms with Gasteiger partial charge in [-0.3, -0.25) is 9.59 Å². The number of aliphatic hydroxyl groups is 1. The lowest BCUT2D eigenvalue weighted by Gasteiger charge is -2.15. The van der Waals surface area contributed by atoms with Crippen LogP contribution in [0.3, 0.4) is 0 Å². The summed E-state index contributed by atoms with van der Waals surface area (Å²) in [5.41, 5.74) is 0. The molecule has 0 heterocycles. The number of aliphatic hydroxyl groups excluding tert-OH is 1. The van der Waals surface area contributed by atoms with Crippen LogP contribution < -0.4 is 0 Å². The van der Waals surface area contributed by atoms with E-state index in [9.17, 15) is 14.7 Å². The predicted octanol–water partition coefficient (Wildman–Crippen LogP) is 25.7. The highest BCUT2D eigenvalue weighted by atomic mass is 16.6. The van der Waals surface area contributed by atoms with Gasteiger partial charge in [-0.05, 0) is 122 Å². The number of carbonyl (C=O) groups is 2. The second-order valence-corrected chi connectivity index (χ2v) is 23.9. The predicted molar refractivity (Wildman–Crippen MR) is 380 cm³/mol. The van der Waals surface area contributed by atoms with Crippen LogP contribution >= 0.6 is 0 Å². The van der Waals surface area contributed by atoms with E-state index in [0.29, 0.717) is 12.8 Å². The van der Waals surface area contributed by atoms with Gasteiger partial charge in [-0.25, -0.2) is 0 Å². The maximum atomic E-state index is 12.4. The van der Waals surface area contributed by atoms with Gasteiger partial charge in [0, 0.05) is 12.8 Å². The van der Waals surface area contributed by atoms with Crippen LogP contribution in [0.25, 0.3) is 0 Å². The number of allylic oxidation sites excluding steroid dienone is 24. The number of hydrogen-bond donors (Lipinski definition) is 1. The van der Waals surface area contributed by atoms with Gasteiger partial charge in [0.15, 0.2) is 6.10 Å². The van der Waals surface area contributed by atoms with Crippen LogP contribution in [0.5, 0.6) is 0 Å². The van der Waals surface area contributed by atoms with E-state index < -0.39 is 6.10 Å². The molecule has 0 spiro atoms. The van der Waals surface area contributed by atoms with Crippen LogP contribution in [0, 0.1) is 0 Å². The Hall–Kier alpha value is -4.22. The SMILES string of the molecule is CC/C=C\C/C=C\C/C=C\C/C=C\C/C=C\C/C=C\C/C=C\C/C=C\C/C=C\CCCCCC(=O)OC(CO)COC(=O)CCCCCCCCCCCCCCCCCCCCCCCCCCCC/C=C\C/C=C\C/C=C\CCCCCCC. The number of unbranched alkanes of at least 4 members (excludes halogenated alkanes) is 34. The summed E-state index contributed by atoms with van der Waals surface area (Å²) in [7, 11) is 0. The molecular formula is C81H136O5. The molecule has 0 fully saturated rings. The van der Waals surface area contributed by atoms with Gasteiger partial charge in [-0.2, -0.15) is 0 Å². The van der Waals surface area contributed by atoms with Crippen molar-refractivity contribution in [3.63, 3.8) is 0 Å². The molecule has 0 amide bonds. The van der Waals surface area contributed by atoms with Crippen LogP contribution in [0.2, 0.25) is 0 Å². The minimum Gasteiger partial charge on any atom is -0.462 e. The van der Waals surface area contributed by atoms with Gasteiger partial charge in [0.25, 0.3) is 0 Å². The third-order valence-corrected chi connectivity index (χ3v) is 15.6. The summed E-state index contributed by atoms with van der Waals surface area (Å²) in [6.45, 7) is 4.01. The number of carbonyl (C=O) groups excluding carboxylic acids is 2. The highest BCUT2D eigenvalue weighted by molar-refractivity contribution is 5.70. The molecule has 0 aromatic heterocycles. The minimum atomic E-state index is -0.800. The molecule has 0 aliphatic carbocycles. The first-order chi connectivity index (χ1) is 42.6. The Labute approximate surface area is 533 Å². The second kappa shape index (κ2) is 75.0. The fourth-order valence-corrected chi connectivity index (χ4v) is 10.2. The number of hydrogen-bond acceptors (Lipinski definition) is 5. The summed E-state index contributed by atoms with van der Waals surface area (Å²) in [4.78, 5) is 24.6. The molecule has 0 saturated heterocycles. The summed E-state index contributed by atoms with van der Waals surface area (Å²) in [6, 6.07) is 0. The first-order valence-electron chi connectivity index (χ1n) is 36.4. The van der Waals surface area contributed by atoms with Crippen LogP contribution in [0.4, 0.5) is 0 Å². The summed E-state index contributed by atoms with van der Waals surface area (Å²) in [6.07, 6.45) is 113. The molecule has 0 aliphatic heterocycles. The maximum Gasteiger partial charge on any atom is 0.306 e. The van der Waals surface area contributed by atoms with Crippen LogP contribution in [0.15, 0.2) is 146 Å². The van der Waals surface area contributed by atoms with Gasteiger partial charge in [0.2, 0.25) is 0 Å². The van der Waals surface area contributed by atoms with Crippen LogP contribution in [-0.2, 0) is 19.1 Å². The first-order valence-corrected chi connectivity index (χ1v) is 36.4. The maximum absolute atomic E-state index is 12.4. The largest absolute Gasteiger partial charge is 0.462 e. The normalized spacial score (nSPS) is 13.1. The molecular weight excluding hydrogens is 1050 g/mol. The van der Waals surface area contributed by atoms with E-state index >= 15 is 0 Å². The van der Waals surface area contributed by atoms with E-state index in [0.717, 1.165) is 116 Å². The Balaban J connectivity index is 3.51. The summed E-state index contributed by atoms with van der Waals surface area (Å²) in [5.74, 6) is -0.626. The first kappa shape index (κ1) is 81.8. The van der Waals surface area contributed by atoms with Gasteiger partial charge in [0.05, 0.1) is 6.61 Å². The number of rotatable bonds is 66. The van der Waals surface area contributed by atoms with Crippen molar-refractivity contribution in [3.05, 3.63) is 146 Å². The zero-order valence-electron chi connectivity index (χ0n) is 56.3. The van der Waals surface area contributed by atoms with Crippen molar-refractivity contribution >= 4 is 11.9 Å².